The van der Waals surface area contributed by atoms with Crippen molar-refractivity contribution < 1.29 is 19.4 Å². The van der Waals surface area contributed by atoms with E-state index >= 15 is 0 Å². The van der Waals surface area contributed by atoms with E-state index < -0.39 is 5.97 Å². The number of aliphatic carboxylic acids is 1. The molecule has 0 amide bonds. The third-order valence-corrected chi connectivity index (χ3v) is 3.52. The second kappa shape index (κ2) is 15.3. The van der Waals surface area contributed by atoms with E-state index in [1.165, 1.54) is 25.7 Å². The predicted molar refractivity (Wildman–Crippen MR) is 81.7 cm³/mol. The number of carbonyl (C=O) groups is 2. The summed E-state index contributed by atoms with van der Waals surface area (Å²) in [4.78, 5) is 21.5. The minimum atomic E-state index is -0.939. The summed E-state index contributed by atoms with van der Waals surface area (Å²) in [6.07, 6.45) is 12.4. The van der Waals surface area contributed by atoms with Crippen molar-refractivity contribution in [3.63, 3.8) is 0 Å². The molecule has 124 valence electrons. The van der Waals surface area contributed by atoms with E-state index in [9.17, 15) is 14.7 Å². The first-order valence-corrected chi connectivity index (χ1v) is 8.52. The van der Waals surface area contributed by atoms with Crippen LogP contribution in [0.1, 0.15) is 90.4 Å². The Hall–Kier alpha value is -1.06. The largest absolute Gasteiger partial charge is 0.550 e. The molecule has 0 atom stereocenters. The summed E-state index contributed by atoms with van der Waals surface area (Å²) in [6, 6.07) is 0. The van der Waals surface area contributed by atoms with Crippen molar-refractivity contribution in [2.45, 2.75) is 90.4 Å². The van der Waals surface area contributed by atoms with Crippen LogP contribution in [0.4, 0.5) is 0 Å². The molecule has 0 aromatic rings. The summed E-state index contributed by atoms with van der Waals surface area (Å²) in [5.74, 6) is -1.00. The van der Waals surface area contributed by atoms with Gasteiger partial charge in [-0.05, 0) is 25.7 Å². The number of esters is 1. The molecule has 0 spiro atoms. The summed E-state index contributed by atoms with van der Waals surface area (Å²) in [5, 5.41) is 10.2. The molecule has 21 heavy (non-hydrogen) atoms. The lowest BCUT2D eigenvalue weighted by Gasteiger charge is -2.05. The molecule has 0 saturated heterocycles. The summed E-state index contributed by atoms with van der Waals surface area (Å²) in [6.45, 7) is 2.63. The zero-order valence-electron chi connectivity index (χ0n) is 13.5. The van der Waals surface area contributed by atoms with Crippen molar-refractivity contribution in [1.29, 1.82) is 0 Å². The number of unbranched alkanes of at least 4 members (excludes halogenated alkanes) is 9. The molecule has 0 saturated carbocycles. The van der Waals surface area contributed by atoms with E-state index in [1.54, 1.807) is 0 Å². The van der Waals surface area contributed by atoms with Gasteiger partial charge in [0, 0.05) is 12.4 Å². The minimum absolute atomic E-state index is 0.0617. The molecule has 4 heteroatoms. The number of carboxylic acid groups (broad SMARTS) is 1. The molecule has 0 unspecified atom stereocenters. The summed E-state index contributed by atoms with van der Waals surface area (Å²) in [7, 11) is 0. The van der Waals surface area contributed by atoms with Gasteiger partial charge in [-0.15, -0.1) is 0 Å². The van der Waals surface area contributed by atoms with Crippen LogP contribution in [0.5, 0.6) is 0 Å². The van der Waals surface area contributed by atoms with Crippen LogP contribution in [0.25, 0.3) is 0 Å². The first-order valence-electron chi connectivity index (χ1n) is 8.52. The highest BCUT2D eigenvalue weighted by atomic mass is 16.5. The van der Waals surface area contributed by atoms with Gasteiger partial charge in [-0.25, -0.2) is 0 Å². The van der Waals surface area contributed by atoms with Gasteiger partial charge in [0.05, 0.1) is 6.61 Å². The maximum absolute atomic E-state index is 11.2. The first kappa shape index (κ1) is 19.9. The van der Waals surface area contributed by atoms with Crippen LogP contribution in [0.3, 0.4) is 0 Å². The SMILES string of the molecule is CCCCC(=O)OCCCCCCCCCCCC(=O)[O-]. The Morgan fingerprint density at radius 1 is 0.762 bits per heavy atom. The van der Waals surface area contributed by atoms with E-state index in [0.29, 0.717) is 13.0 Å². The quantitative estimate of drug-likeness (QED) is 0.343. The Kier molecular flexibility index (Phi) is 14.6. The molecule has 0 aliphatic carbocycles. The van der Waals surface area contributed by atoms with Gasteiger partial charge in [0.15, 0.2) is 0 Å². The molecule has 0 heterocycles. The molecule has 0 aromatic carbocycles. The van der Waals surface area contributed by atoms with Crippen molar-refractivity contribution >= 4 is 11.9 Å². The number of ether oxygens (including phenoxy) is 1. The predicted octanol–water partition coefficient (Wildman–Crippen LogP) is 3.37. The van der Waals surface area contributed by atoms with Crippen LogP contribution in [0, 0.1) is 0 Å². The lowest BCUT2D eigenvalue weighted by Crippen LogP contribution is -2.21. The molecular weight excluding hydrogens is 268 g/mol. The molecule has 0 rings (SSSR count). The fraction of sp³-hybridized carbons (Fsp3) is 0.882. The van der Waals surface area contributed by atoms with E-state index in [0.717, 1.165) is 44.9 Å². The smallest absolute Gasteiger partial charge is 0.305 e. The Labute approximate surface area is 129 Å². The first-order chi connectivity index (χ1) is 10.2. The van der Waals surface area contributed by atoms with Crippen LogP contribution in [-0.4, -0.2) is 18.5 Å². The molecule has 0 N–H and O–H groups in total. The highest BCUT2D eigenvalue weighted by molar-refractivity contribution is 5.69. The van der Waals surface area contributed by atoms with Gasteiger partial charge in [0.25, 0.3) is 0 Å². The second-order valence-electron chi connectivity index (χ2n) is 5.63. The van der Waals surface area contributed by atoms with Crippen molar-refractivity contribution in [3.05, 3.63) is 0 Å². The monoisotopic (exact) mass is 299 g/mol. The normalized spacial score (nSPS) is 10.5. The standard InChI is InChI=1S/C17H32O4/c1-2-3-14-17(20)21-15-12-10-8-6-4-5-7-9-11-13-16(18)19/h2-15H2,1H3,(H,18,19)/p-1. The van der Waals surface area contributed by atoms with Gasteiger partial charge in [-0.1, -0.05) is 58.3 Å². The van der Waals surface area contributed by atoms with E-state index in [2.05, 4.69) is 6.92 Å². The van der Waals surface area contributed by atoms with Crippen LogP contribution < -0.4 is 5.11 Å². The maximum atomic E-state index is 11.2. The topological polar surface area (TPSA) is 66.4 Å². The number of carboxylic acids is 1. The van der Waals surface area contributed by atoms with Gasteiger partial charge in [0.2, 0.25) is 0 Å². The van der Waals surface area contributed by atoms with Gasteiger partial charge in [0.1, 0.15) is 0 Å². The maximum Gasteiger partial charge on any atom is 0.305 e. The molecule has 0 aliphatic heterocycles. The van der Waals surface area contributed by atoms with E-state index in [1.807, 2.05) is 0 Å². The third kappa shape index (κ3) is 16.9. The fourth-order valence-electron chi connectivity index (χ4n) is 2.19. The van der Waals surface area contributed by atoms with Gasteiger partial charge >= 0.3 is 5.97 Å². The highest BCUT2D eigenvalue weighted by Gasteiger charge is 2.00. The number of hydrogen-bond acceptors (Lipinski definition) is 4. The van der Waals surface area contributed by atoms with Crippen LogP contribution in [0.15, 0.2) is 0 Å². The molecule has 0 bridgehead atoms. The zero-order valence-corrected chi connectivity index (χ0v) is 13.5. The zero-order chi connectivity index (χ0) is 15.8. The second-order valence-corrected chi connectivity index (χ2v) is 5.63. The molecule has 0 fully saturated rings. The lowest BCUT2D eigenvalue weighted by atomic mass is 10.1. The van der Waals surface area contributed by atoms with Crippen LogP contribution in [-0.2, 0) is 14.3 Å². The van der Waals surface area contributed by atoms with Gasteiger partial charge in [-0.3, -0.25) is 4.79 Å². The van der Waals surface area contributed by atoms with Crippen LogP contribution >= 0.6 is 0 Å². The minimum Gasteiger partial charge on any atom is -0.550 e. The third-order valence-electron chi connectivity index (χ3n) is 3.52. The van der Waals surface area contributed by atoms with Crippen molar-refractivity contribution in [2.75, 3.05) is 6.61 Å². The van der Waals surface area contributed by atoms with E-state index in [-0.39, 0.29) is 12.4 Å². The van der Waals surface area contributed by atoms with Crippen molar-refractivity contribution in [1.82, 2.24) is 0 Å². The molecule has 0 radical (unpaired) electrons. The molecule has 0 aromatic heterocycles. The van der Waals surface area contributed by atoms with E-state index in [4.69, 9.17) is 4.74 Å². The Bertz CT molecular complexity index is 264. The summed E-state index contributed by atoms with van der Waals surface area (Å²) >= 11 is 0. The highest BCUT2D eigenvalue weighted by Crippen LogP contribution is 2.10. The molecular formula is C17H31O4-. The van der Waals surface area contributed by atoms with Crippen molar-refractivity contribution in [3.8, 4) is 0 Å². The lowest BCUT2D eigenvalue weighted by molar-refractivity contribution is -0.305. The van der Waals surface area contributed by atoms with Crippen molar-refractivity contribution in [2.24, 2.45) is 0 Å². The Balaban J connectivity index is 3.09. The van der Waals surface area contributed by atoms with Gasteiger partial charge < -0.3 is 14.6 Å². The number of carbonyl (C=O) groups excluding carboxylic acids is 2. The summed E-state index contributed by atoms with van der Waals surface area (Å²) in [5.41, 5.74) is 0. The Morgan fingerprint density at radius 3 is 1.81 bits per heavy atom. The van der Waals surface area contributed by atoms with Gasteiger partial charge in [-0.2, -0.15) is 0 Å². The number of hydrogen-bond donors (Lipinski definition) is 0. The van der Waals surface area contributed by atoms with Crippen LogP contribution in [0.2, 0.25) is 0 Å². The average Bonchev–Trinajstić information content (AvgIpc) is 2.45. The molecule has 0 aliphatic rings. The number of rotatable bonds is 15. The Morgan fingerprint density at radius 2 is 1.29 bits per heavy atom. The fourth-order valence-corrected chi connectivity index (χ4v) is 2.19. The molecule has 4 nitrogen and oxygen atoms in total. The summed E-state index contributed by atoms with van der Waals surface area (Å²) < 4.78 is 5.14. The average molecular weight is 299 g/mol.